The smallest absolute Gasteiger partial charge is 0.287 e. The number of nitrogens with zero attached hydrogens (tertiary/aromatic N) is 3. The van der Waals surface area contributed by atoms with Gasteiger partial charge in [0.2, 0.25) is 0 Å². The Morgan fingerprint density at radius 1 is 1.60 bits per heavy atom. The van der Waals surface area contributed by atoms with Crippen molar-refractivity contribution in [2.45, 2.75) is 19.4 Å². The minimum Gasteiger partial charge on any atom is -0.370 e. The molecular formula is C11H18N6O3. The van der Waals surface area contributed by atoms with E-state index in [0.29, 0.717) is 6.42 Å². The van der Waals surface area contributed by atoms with E-state index < -0.39 is 10.8 Å². The molecule has 1 aromatic rings. The molecule has 0 radical (unpaired) electrons. The molecule has 0 aliphatic heterocycles. The van der Waals surface area contributed by atoms with Gasteiger partial charge in [-0.15, -0.1) is 0 Å². The van der Waals surface area contributed by atoms with Crippen molar-refractivity contribution in [1.82, 2.24) is 9.88 Å². The van der Waals surface area contributed by atoms with E-state index in [2.05, 4.69) is 10.3 Å². The minimum atomic E-state index is -0.551. The van der Waals surface area contributed by atoms with Crippen LogP contribution in [-0.2, 0) is 7.05 Å². The quantitative estimate of drug-likeness (QED) is 0.284. The van der Waals surface area contributed by atoms with Crippen molar-refractivity contribution in [1.29, 1.82) is 0 Å². The number of nitrogens with two attached hydrogens (primary N) is 2. The van der Waals surface area contributed by atoms with E-state index in [-0.39, 0.29) is 29.9 Å². The number of amides is 1. The number of carbonyl (C=O) groups excluding carboxylic acids is 1. The molecule has 9 nitrogen and oxygen atoms in total. The molecule has 20 heavy (non-hydrogen) atoms. The highest BCUT2D eigenvalue weighted by Gasteiger charge is 2.18. The lowest BCUT2D eigenvalue weighted by molar-refractivity contribution is -0.384. The van der Waals surface area contributed by atoms with Crippen LogP contribution < -0.4 is 16.8 Å². The van der Waals surface area contributed by atoms with Crippen molar-refractivity contribution in [2.24, 2.45) is 23.5 Å². The number of nitro groups is 1. The van der Waals surface area contributed by atoms with Crippen LogP contribution in [0.3, 0.4) is 0 Å². The summed E-state index contributed by atoms with van der Waals surface area (Å²) in [6.07, 6.45) is 1.94. The largest absolute Gasteiger partial charge is 0.370 e. The molecule has 1 amide bonds. The van der Waals surface area contributed by atoms with Crippen LogP contribution in [0.2, 0.25) is 0 Å². The molecular weight excluding hydrogens is 264 g/mol. The van der Waals surface area contributed by atoms with Crippen molar-refractivity contribution < 1.29 is 9.72 Å². The average molecular weight is 282 g/mol. The summed E-state index contributed by atoms with van der Waals surface area (Å²) in [5.74, 6) is -0.453. The van der Waals surface area contributed by atoms with Crippen LogP contribution in [0.5, 0.6) is 0 Å². The summed E-state index contributed by atoms with van der Waals surface area (Å²) in [6, 6.07) is 0.996. The summed E-state index contributed by atoms with van der Waals surface area (Å²) in [5, 5.41) is 13.3. The third-order valence-electron chi connectivity index (χ3n) is 2.74. The second-order valence-electron chi connectivity index (χ2n) is 4.28. The number of aromatic nitrogens is 1. The molecule has 1 unspecified atom stereocenters. The second kappa shape index (κ2) is 6.55. The zero-order chi connectivity index (χ0) is 15.3. The molecule has 0 fully saturated rings. The van der Waals surface area contributed by atoms with Crippen molar-refractivity contribution in [3.8, 4) is 0 Å². The predicted octanol–water partition coefficient (Wildman–Crippen LogP) is -0.285. The zero-order valence-corrected chi connectivity index (χ0v) is 11.4. The lowest BCUT2D eigenvalue weighted by Crippen LogP contribution is -2.34. The summed E-state index contributed by atoms with van der Waals surface area (Å²) >= 11 is 0. The first-order chi connectivity index (χ1) is 9.35. The van der Waals surface area contributed by atoms with Gasteiger partial charge in [0.15, 0.2) is 5.96 Å². The molecule has 1 atom stereocenters. The highest BCUT2D eigenvalue weighted by atomic mass is 16.6. The molecule has 0 aliphatic rings. The summed E-state index contributed by atoms with van der Waals surface area (Å²) in [4.78, 5) is 26.0. The maximum absolute atomic E-state index is 11.9. The van der Waals surface area contributed by atoms with E-state index in [4.69, 9.17) is 11.5 Å². The van der Waals surface area contributed by atoms with Crippen LogP contribution in [0.1, 0.15) is 23.8 Å². The van der Waals surface area contributed by atoms with Gasteiger partial charge in [0.25, 0.3) is 11.6 Å². The van der Waals surface area contributed by atoms with E-state index >= 15 is 0 Å². The van der Waals surface area contributed by atoms with Gasteiger partial charge in [-0.2, -0.15) is 0 Å². The minimum absolute atomic E-state index is 0.0411. The SMILES string of the molecule is CCC(CNC(=O)c1cc([N+](=O)[O-])cn1C)N=C(N)N. The van der Waals surface area contributed by atoms with E-state index in [1.807, 2.05) is 6.92 Å². The molecule has 0 aromatic carbocycles. The molecule has 5 N–H and O–H groups in total. The van der Waals surface area contributed by atoms with Crippen LogP contribution in [0.15, 0.2) is 17.3 Å². The zero-order valence-electron chi connectivity index (χ0n) is 11.4. The number of carbonyl (C=O) groups is 1. The molecule has 1 aromatic heterocycles. The first kappa shape index (κ1) is 15.5. The number of aliphatic imine (C=N–C) groups is 1. The van der Waals surface area contributed by atoms with Gasteiger partial charge in [0, 0.05) is 19.7 Å². The number of rotatable bonds is 6. The van der Waals surface area contributed by atoms with Gasteiger partial charge >= 0.3 is 0 Å². The van der Waals surface area contributed by atoms with Gasteiger partial charge in [0.05, 0.1) is 17.2 Å². The van der Waals surface area contributed by atoms with Crippen LogP contribution in [0, 0.1) is 10.1 Å². The Balaban J connectivity index is 2.72. The number of nitrogens with one attached hydrogen (secondary N) is 1. The number of aryl methyl sites for hydroxylation is 1. The molecule has 0 bridgehead atoms. The van der Waals surface area contributed by atoms with Crippen molar-refractivity contribution in [3.05, 3.63) is 28.1 Å². The second-order valence-corrected chi connectivity index (χ2v) is 4.28. The van der Waals surface area contributed by atoms with Gasteiger partial charge in [0.1, 0.15) is 5.69 Å². The third kappa shape index (κ3) is 3.97. The van der Waals surface area contributed by atoms with Crippen LogP contribution in [-0.4, -0.2) is 33.9 Å². The van der Waals surface area contributed by atoms with Gasteiger partial charge in [-0.05, 0) is 6.42 Å². The first-order valence-corrected chi connectivity index (χ1v) is 6.02. The Labute approximate surface area is 115 Å². The molecule has 1 rings (SSSR count). The fourth-order valence-electron chi connectivity index (χ4n) is 1.67. The Kier molecular flexibility index (Phi) is 5.07. The molecule has 9 heteroatoms. The van der Waals surface area contributed by atoms with Gasteiger partial charge in [-0.1, -0.05) is 6.92 Å². The molecule has 0 saturated heterocycles. The maximum Gasteiger partial charge on any atom is 0.287 e. The highest BCUT2D eigenvalue weighted by Crippen LogP contribution is 2.15. The number of guanidine groups is 1. The average Bonchev–Trinajstić information content (AvgIpc) is 2.76. The Morgan fingerprint density at radius 3 is 2.70 bits per heavy atom. The number of hydrogen-bond acceptors (Lipinski definition) is 4. The topological polar surface area (TPSA) is 142 Å². The van der Waals surface area contributed by atoms with Crippen molar-refractivity contribution in [3.63, 3.8) is 0 Å². The van der Waals surface area contributed by atoms with E-state index in [1.54, 1.807) is 7.05 Å². The van der Waals surface area contributed by atoms with Gasteiger partial charge < -0.3 is 21.4 Å². The third-order valence-corrected chi connectivity index (χ3v) is 2.74. The summed E-state index contributed by atoms with van der Waals surface area (Å²) < 4.78 is 1.40. The van der Waals surface area contributed by atoms with Crippen molar-refractivity contribution >= 4 is 17.6 Å². The molecule has 0 spiro atoms. The number of hydrogen-bond donors (Lipinski definition) is 3. The summed E-state index contributed by atoms with van der Waals surface area (Å²) in [5.41, 5.74) is 10.6. The molecule has 0 aliphatic carbocycles. The highest BCUT2D eigenvalue weighted by molar-refractivity contribution is 5.93. The van der Waals surface area contributed by atoms with Crippen LogP contribution in [0.4, 0.5) is 5.69 Å². The lowest BCUT2D eigenvalue weighted by atomic mass is 10.2. The monoisotopic (exact) mass is 282 g/mol. The van der Waals surface area contributed by atoms with E-state index in [1.165, 1.54) is 16.8 Å². The summed E-state index contributed by atoms with van der Waals surface area (Å²) in [6.45, 7) is 2.14. The molecule has 0 saturated carbocycles. The Bertz CT molecular complexity index is 532. The van der Waals surface area contributed by atoms with Gasteiger partial charge in [-0.25, -0.2) is 4.99 Å². The molecule has 1 heterocycles. The first-order valence-electron chi connectivity index (χ1n) is 6.02. The predicted molar refractivity (Wildman–Crippen MR) is 74.3 cm³/mol. The van der Waals surface area contributed by atoms with E-state index in [0.717, 1.165) is 0 Å². The van der Waals surface area contributed by atoms with Crippen LogP contribution in [0.25, 0.3) is 0 Å². The fraction of sp³-hybridized carbons (Fsp3) is 0.455. The fourth-order valence-corrected chi connectivity index (χ4v) is 1.67. The molecule has 110 valence electrons. The summed E-state index contributed by atoms with van der Waals surface area (Å²) in [7, 11) is 1.56. The maximum atomic E-state index is 11.9. The van der Waals surface area contributed by atoms with E-state index in [9.17, 15) is 14.9 Å². The Hall–Kier alpha value is -2.58. The van der Waals surface area contributed by atoms with Crippen molar-refractivity contribution in [2.75, 3.05) is 6.54 Å². The Morgan fingerprint density at radius 2 is 2.25 bits per heavy atom. The van der Waals surface area contributed by atoms with Crippen LogP contribution >= 0.6 is 0 Å². The lowest BCUT2D eigenvalue weighted by Gasteiger charge is -2.11. The van der Waals surface area contributed by atoms with Gasteiger partial charge in [-0.3, -0.25) is 14.9 Å². The standard InChI is InChI=1S/C11H18N6O3/c1-3-7(15-11(12)13)5-14-10(18)9-4-8(17(19)20)6-16(9)2/h4,6-7H,3,5H2,1-2H3,(H,14,18)(H4,12,13,15). The normalized spacial score (nSPS) is 11.7.